The zero-order valence-corrected chi connectivity index (χ0v) is 11.4. The van der Waals surface area contributed by atoms with Gasteiger partial charge in [-0.15, -0.1) is 0 Å². The molecule has 6 nitrogen and oxygen atoms in total. The van der Waals surface area contributed by atoms with E-state index in [-0.39, 0.29) is 13.0 Å². The molecule has 0 fully saturated rings. The van der Waals surface area contributed by atoms with Crippen LogP contribution in [0.2, 0.25) is 0 Å². The maximum absolute atomic E-state index is 11.0. The lowest BCUT2D eigenvalue weighted by atomic mass is 10.2. The predicted octanol–water partition coefficient (Wildman–Crippen LogP) is 1.22. The van der Waals surface area contributed by atoms with Crippen molar-refractivity contribution < 1.29 is 14.4 Å². The molecule has 0 amide bonds. The lowest BCUT2D eigenvalue weighted by Gasteiger charge is -2.21. The average molecular weight is 267 g/mol. The molecule has 0 heterocycles. The first-order chi connectivity index (χ1) is 9.21. The third kappa shape index (κ3) is 5.15. The molecule has 3 N–H and O–H groups in total. The fraction of sp³-hybridized carbons (Fsp3) is 0.462. The fourth-order valence-corrected chi connectivity index (χ4v) is 1.73. The van der Waals surface area contributed by atoms with Crippen LogP contribution in [0.25, 0.3) is 0 Å². The van der Waals surface area contributed by atoms with Crippen molar-refractivity contribution in [2.24, 2.45) is 5.84 Å². The van der Waals surface area contributed by atoms with Crippen LogP contribution in [0.5, 0.6) is 5.75 Å². The maximum atomic E-state index is 11.0. The summed E-state index contributed by atoms with van der Waals surface area (Å²) in [5, 5.41) is 0. The van der Waals surface area contributed by atoms with Crippen molar-refractivity contribution >= 4 is 11.7 Å². The van der Waals surface area contributed by atoms with Crippen LogP contribution in [-0.2, 0) is 9.63 Å². The van der Waals surface area contributed by atoms with Gasteiger partial charge in [0.1, 0.15) is 5.75 Å². The molecule has 0 aliphatic rings. The molecule has 0 atom stereocenters. The normalized spacial score (nSPS) is 10.1. The minimum absolute atomic E-state index is 0.139. The van der Waals surface area contributed by atoms with Crippen LogP contribution in [-0.4, -0.2) is 25.7 Å². The minimum atomic E-state index is -0.456. The van der Waals surface area contributed by atoms with E-state index in [1.165, 1.54) is 0 Å². The summed E-state index contributed by atoms with van der Waals surface area (Å²) < 4.78 is 5.51. The minimum Gasteiger partial charge on any atom is -0.493 e. The molecule has 0 radical (unpaired) electrons. The first kappa shape index (κ1) is 15.3. The van der Waals surface area contributed by atoms with Crippen LogP contribution < -0.4 is 21.1 Å². The molecule has 0 bridgehead atoms. The second-order valence-electron chi connectivity index (χ2n) is 3.86. The molecular weight excluding hydrogens is 246 g/mol. The Hall–Kier alpha value is -1.79. The van der Waals surface area contributed by atoms with Crippen LogP contribution in [0, 0.1) is 0 Å². The number of hydrazine groups is 1. The third-order valence-electron chi connectivity index (χ3n) is 2.69. The first-order valence-corrected chi connectivity index (χ1v) is 6.34. The molecule has 0 spiro atoms. The van der Waals surface area contributed by atoms with E-state index in [4.69, 9.17) is 10.6 Å². The van der Waals surface area contributed by atoms with E-state index >= 15 is 0 Å². The lowest BCUT2D eigenvalue weighted by molar-refractivity contribution is -0.151. The number of ether oxygens (including phenoxy) is 1. The van der Waals surface area contributed by atoms with Crippen LogP contribution in [0.15, 0.2) is 24.3 Å². The van der Waals surface area contributed by atoms with Gasteiger partial charge in [0.05, 0.1) is 13.0 Å². The summed E-state index contributed by atoms with van der Waals surface area (Å²) in [5.74, 6) is 5.13. The van der Waals surface area contributed by atoms with Crippen molar-refractivity contribution in [3.63, 3.8) is 0 Å². The summed E-state index contributed by atoms with van der Waals surface area (Å²) in [6, 6.07) is 7.79. The fourth-order valence-electron chi connectivity index (χ4n) is 1.73. The van der Waals surface area contributed by atoms with Gasteiger partial charge in [0, 0.05) is 24.8 Å². The highest BCUT2D eigenvalue weighted by Crippen LogP contribution is 2.21. The van der Waals surface area contributed by atoms with Crippen LogP contribution >= 0.6 is 0 Å². The second-order valence-corrected chi connectivity index (χ2v) is 3.86. The molecule has 0 aromatic heterocycles. The number of nitrogens with zero attached hydrogens (tertiary/aromatic N) is 1. The number of carbonyl (C=O) groups is 1. The Morgan fingerprint density at radius 2 is 2.11 bits per heavy atom. The van der Waals surface area contributed by atoms with E-state index in [2.05, 4.69) is 23.6 Å². The number of nitrogens with one attached hydrogen (secondary N) is 1. The van der Waals surface area contributed by atoms with Gasteiger partial charge in [-0.1, -0.05) is 11.7 Å². The highest BCUT2D eigenvalue weighted by atomic mass is 16.7. The van der Waals surface area contributed by atoms with Gasteiger partial charge in [-0.05, 0) is 26.0 Å². The molecule has 1 rings (SSSR count). The molecule has 0 unspecified atom stereocenters. The molecular formula is C13H21N3O3. The van der Waals surface area contributed by atoms with E-state index in [0.29, 0.717) is 0 Å². The van der Waals surface area contributed by atoms with Crippen LogP contribution in [0.1, 0.15) is 20.3 Å². The Kier molecular flexibility index (Phi) is 6.70. The van der Waals surface area contributed by atoms with Gasteiger partial charge >= 0.3 is 5.97 Å². The molecule has 1 aromatic carbocycles. The van der Waals surface area contributed by atoms with E-state index in [1.54, 1.807) is 0 Å². The SMILES string of the molecule is CCN(CC)c1cccc(OCCC(=O)ONN)c1. The largest absolute Gasteiger partial charge is 0.493 e. The number of hydrogen-bond acceptors (Lipinski definition) is 6. The molecule has 0 aliphatic heterocycles. The van der Waals surface area contributed by atoms with Crippen molar-refractivity contribution in [1.82, 2.24) is 5.59 Å². The summed E-state index contributed by atoms with van der Waals surface area (Å²) in [6.07, 6.45) is 0.139. The summed E-state index contributed by atoms with van der Waals surface area (Å²) in [6.45, 7) is 6.34. The smallest absolute Gasteiger partial charge is 0.329 e. The summed E-state index contributed by atoms with van der Waals surface area (Å²) >= 11 is 0. The molecule has 0 saturated carbocycles. The first-order valence-electron chi connectivity index (χ1n) is 6.34. The number of benzene rings is 1. The number of anilines is 1. The third-order valence-corrected chi connectivity index (χ3v) is 2.69. The number of nitrogens with two attached hydrogens (primary N) is 1. The van der Waals surface area contributed by atoms with Gasteiger partial charge in [-0.2, -0.15) is 0 Å². The van der Waals surface area contributed by atoms with Crippen LogP contribution in [0.4, 0.5) is 5.69 Å². The van der Waals surface area contributed by atoms with Gasteiger partial charge in [0.25, 0.3) is 0 Å². The van der Waals surface area contributed by atoms with Gasteiger partial charge in [-0.25, -0.2) is 5.84 Å². The molecule has 1 aromatic rings. The summed E-state index contributed by atoms with van der Waals surface area (Å²) in [5.41, 5.74) is 2.95. The quantitative estimate of drug-likeness (QED) is 0.545. The Bertz CT molecular complexity index is 394. The standard InChI is InChI=1S/C13H21N3O3/c1-3-16(4-2)11-6-5-7-12(10-11)18-9-8-13(17)19-15-14/h5-7,10,15H,3-4,8-9,14H2,1-2H3. The average Bonchev–Trinajstić information content (AvgIpc) is 2.41. The highest BCUT2D eigenvalue weighted by molar-refractivity contribution is 5.69. The van der Waals surface area contributed by atoms with Crippen LogP contribution in [0.3, 0.4) is 0 Å². The monoisotopic (exact) mass is 267 g/mol. The molecule has 0 saturated heterocycles. The zero-order chi connectivity index (χ0) is 14.1. The molecule has 19 heavy (non-hydrogen) atoms. The Morgan fingerprint density at radius 1 is 1.37 bits per heavy atom. The number of rotatable bonds is 8. The van der Waals surface area contributed by atoms with Gasteiger partial charge in [0.2, 0.25) is 0 Å². The van der Waals surface area contributed by atoms with E-state index in [1.807, 2.05) is 29.9 Å². The van der Waals surface area contributed by atoms with Crippen molar-refractivity contribution in [3.8, 4) is 5.75 Å². The van der Waals surface area contributed by atoms with E-state index < -0.39 is 5.97 Å². The van der Waals surface area contributed by atoms with E-state index in [0.717, 1.165) is 24.5 Å². The predicted molar refractivity (Wildman–Crippen MR) is 73.5 cm³/mol. The van der Waals surface area contributed by atoms with Gasteiger partial charge < -0.3 is 14.5 Å². The number of carbonyl (C=O) groups excluding carboxylic acids is 1. The van der Waals surface area contributed by atoms with Crippen molar-refractivity contribution in [1.29, 1.82) is 0 Å². The summed E-state index contributed by atoms with van der Waals surface area (Å²) in [4.78, 5) is 17.6. The highest BCUT2D eigenvalue weighted by Gasteiger charge is 2.05. The summed E-state index contributed by atoms with van der Waals surface area (Å²) in [7, 11) is 0. The topological polar surface area (TPSA) is 76.8 Å². The van der Waals surface area contributed by atoms with Gasteiger partial charge in [-0.3, -0.25) is 4.79 Å². The Balaban J connectivity index is 2.50. The zero-order valence-electron chi connectivity index (χ0n) is 11.4. The van der Waals surface area contributed by atoms with Crippen molar-refractivity contribution in [2.45, 2.75) is 20.3 Å². The second kappa shape index (κ2) is 8.34. The van der Waals surface area contributed by atoms with Crippen molar-refractivity contribution in [3.05, 3.63) is 24.3 Å². The van der Waals surface area contributed by atoms with E-state index in [9.17, 15) is 4.79 Å². The maximum Gasteiger partial charge on any atom is 0.329 e. The van der Waals surface area contributed by atoms with Gasteiger partial charge in [0.15, 0.2) is 0 Å². The molecule has 6 heteroatoms. The lowest BCUT2D eigenvalue weighted by Crippen LogP contribution is -2.27. The van der Waals surface area contributed by atoms with Crippen molar-refractivity contribution in [2.75, 3.05) is 24.6 Å². The Morgan fingerprint density at radius 3 is 2.74 bits per heavy atom. The molecule has 0 aliphatic carbocycles. The number of hydrogen-bond donors (Lipinski definition) is 2. The Labute approximate surface area is 113 Å². The molecule has 106 valence electrons.